The summed E-state index contributed by atoms with van der Waals surface area (Å²) in [5, 5.41) is 5.39. The van der Waals surface area contributed by atoms with Crippen molar-refractivity contribution in [3.8, 4) is 0 Å². The minimum absolute atomic E-state index is 0. The molecule has 1 aromatic heterocycles. The molecule has 0 spiro atoms. The van der Waals surface area contributed by atoms with Crippen molar-refractivity contribution >= 4 is 65.3 Å². The van der Waals surface area contributed by atoms with E-state index in [1.807, 2.05) is 36.4 Å². The molecule has 2 aromatic carbocycles. The molecule has 160 valence electrons. The number of rotatable bonds is 4. The van der Waals surface area contributed by atoms with Crippen LogP contribution in [0.15, 0.2) is 42.5 Å². The fraction of sp³-hybridized carbons (Fsp3) is 0.304. The van der Waals surface area contributed by atoms with Gasteiger partial charge in [-0.3, -0.25) is 0 Å². The highest BCUT2D eigenvalue weighted by Gasteiger charge is 2.22. The van der Waals surface area contributed by atoms with Crippen LogP contribution in [-0.4, -0.2) is 22.1 Å². The van der Waals surface area contributed by atoms with E-state index in [1.54, 1.807) is 0 Å². The number of aryl methyl sites for hydroxylation is 1. The molecule has 3 N–H and O–H groups in total. The molecule has 0 aliphatic heterocycles. The van der Waals surface area contributed by atoms with Crippen LogP contribution in [-0.2, 0) is 0 Å². The molecule has 7 heteroatoms. The molecular formula is C23H27Cl3N4. The van der Waals surface area contributed by atoms with Crippen molar-refractivity contribution in [1.82, 2.24) is 9.97 Å². The number of fused-ring (bicyclic) bond motifs is 1. The Morgan fingerprint density at radius 1 is 1.00 bits per heavy atom. The number of nitrogens with zero attached hydrogens (tertiary/aromatic N) is 2. The lowest BCUT2D eigenvalue weighted by Gasteiger charge is -2.30. The van der Waals surface area contributed by atoms with Crippen molar-refractivity contribution in [3.63, 3.8) is 0 Å². The van der Waals surface area contributed by atoms with E-state index >= 15 is 0 Å². The molecule has 0 bridgehead atoms. The third kappa shape index (κ3) is 5.86. The fourth-order valence-electron chi connectivity index (χ4n) is 3.70. The van der Waals surface area contributed by atoms with Gasteiger partial charge < -0.3 is 11.1 Å². The van der Waals surface area contributed by atoms with Crippen molar-refractivity contribution in [2.75, 3.05) is 5.32 Å². The predicted molar refractivity (Wildman–Crippen MR) is 133 cm³/mol. The second-order valence-corrected chi connectivity index (χ2v) is 7.97. The standard InChI is InChI=1S/C23H25ClN4.2ClH/c1-15-6-12-20-18(14-15)23(27-21-5-3-2-4-19(21)25)28-22(26-20)13-9-16-7-10-17(24)11-8-16;;/h6-14,19,21H,2-5,25H2,1H3,(H,26,27,28);2*1H/t19-,21+;;/m1../s1. The minimum atomic E-state index is 0. The Balaban J connectivity index is 0.00000160. The summed E-state index contributed by atoms with van der Waals surface area (Å²) in [5.41, 5.74) is 9.54. The lowest BCUT2D eigenvalue weighted by Crippen LogP contribution is -2.42. The van der Waals surface area contributed by atoms with E-state index < -0.39 is 0 Å². The summed E-state index contributed by atoms with van der Waals surface area (Å²) in [6.07, 6.45) is 8.49. The molecule has 3 aromatic rings. The Kier molecular flexibility index (Phi) is 8.92. The zero-order valence-electron chi connectivity index (χ0n) is 16.8. The molecule has 4 nitrogen and oxygen atoms in total. The molecule has 0 unspecified atom stereocenters. The molecule has 30 heavy (non-hydrogen) atoms. The summed E-state index contributed by atoms with van der Waals surface area (Å²) in [6, 6.07) is 14.4. The van der Waals surface area contributed by atoms with E-state index in [2.05, 4.69) is 30.4 Å². The summed E-state index contributed by atoms with van der Waals surface area (Å²) in [6.45, 7) is 2.09. The lowest BCUT2D eigenvalue weighted by molar-refractivity contribution is 0.403. The maximum atomic E-state index is 6.36. The highest BCUT2D eigenvalue weighted by Crippen LogP contribution is 2.26. The highest BCUT2D eigenvalue weighted by atomic mass is 35.5. The summed E-state index contributed by atoms with van der Waals surface area (Å²) in [7, 11) is 0. The second-order valence-electron chi connectivity index (χ2n) is 7.54. The molecule has 2 atom stereocenters. The maximum Gasteiger partial charge on any atom is 0.154 e. The fourth-order valence-corrected chi connectivity index (χ4v) is 3.83. The molecule has 1 fully saturated rings. The Labute approximate surface area is 195 Å². The average molecular weight is 466 g/mol. The number of anilines is 1. The van der Waals surface area contributed by atoms with Crippen LogP contribution in [0.1, 0.15) is 42.6 Å². The van der Waals surface area contributed by atoms with E-state index in [9.17, 15) is 0 Å². The molecule has 1 heterocycles. The van der Waals surface area contributed by atoms with E-state index in [-0.39, 0.29) is 36.9 Å². The van der Waals surface area contributed by atoms with Crippen molar-refractivity contribution < 1.29 is 0 Å². The molecule has 0 amide bonds. The van der Waals surface area contributed by atoms with Crippen LogP contribution in [0.4, 0.5) is 5.82 Å². The van der Waals surface area contributed by atoms with Gasteiger partial charge in [0.2, 0.25) is 0 Å². The van der Waals surface area contributed by atoms with Gasteiger partial charge in [-0.2, -0.15) is 0 Å². The summed E-state index contributed by atoms with van der Waals surface area (Å²) < 4.78 is 0. The number of hydrogen-bond acceptors (Lipinski definition) is 4. The predicted octanol–water partition coefficient (Wildman–Crippen LogP) is 6.29. The van der Waals surface area contributed by atoms with Crippen molar-refractivity contribution in [3.05, 3.63) is 64.4 Å². The van der Waals surface area contributed by atoms with Gasteiger partial charge in [-0.25, -0.2) is 9.97 Å². The Hall–Kier alpha value is -1.85. The van der Waals surface area contributed by atoms with Crippen LogP contribution in [0.3, 0.4) is 0 Å². The second kappa shape index (κ2) is 11.0. The van der Waals surface area contributed by atoms with Gasteiger partial charge in [0.05, 0.1) is 5.52 Å². The minimum Gasteiger partial charge on any atom is -0.365 e. The summed E-state index contributed by atoms with van der Waals surface area (Å²) in [4.78, 5) is 9.54. The Morgan fingerprint density at radius 3 is 2.47 bits per heavy atom. The number of nitrogens with two attached hydrogens (primary N) is 1. The van der Waals surface area contributed by atoms with Crippen LogP contribution in [0.25, 0.3) is 23.1 Å². The third-order valence-corrected chi connectivity index (χ3v) is 5.56. The van der Waals surface area contributed by atoms with Gasteiger partial charge in [0, 0.05) is 22.5 Å². The van der Waals surface area contributed by atoms with Crippen LogP contribution >= 0.6 is 36.4 Å². The van der Waals surface area contributed by atoms with Crippen LogP contribution in [0.5, 0.6) is 0 Å². The molecule has 1 saturated carbocycles. The number of halogens is 3. The monoisotopic (exact) mass is 464 g/mol. The Bertz CT molecular complexity index is 1010. The normalized spacial score (nSPS) is 18.6. The first-order valence-electron chi connectivity index (χ1n) is 9.83. The number of hydrogen-bond donors (Lipinski definition) is 2. The van der Waals surface area contributed by atoms with Gasteiger partial charge in [0.25, 0.3) is 0 Å². The van der Waals surface area contributed by atoms with Gasteiger partial charge in [-0.1, -0.05) is 54.3 Å². The smallest absolute Gasteiger partial charge is 0.154 e. The average Bonchev–Trinajstić information content (AvgIpc) is 2.70. The Morgan fingerprint density at radius 2 is 1.73 bits per heavy atom. The number of benzene rings is 2. The first-order valence-corrected chi connectivity index (χ1v) is 10.2. The summed E-state index contributed by atoms with van der Waals surface area (Å²) in [5.74, 6) is 1.55. The van der Waals surface area contributed by atoms with Crippen molar-refractivity contribution in [2.24, 2.45) is 5.73 Å². The molecule has 1 aliphatic rings. The zero-order chi connectivity index (χ0) is 19.5. The van der Waals surface area contributed by atoms with Gasteiger partial charge >= 0.3 is 0 Å². The first kappa shape index (κ1) is 24.4. The third-order valence-electron chi connectivity index (χ3n) is 5.30. The molecule has 1 aliphatic carbocycles. The highest BCUT2D eigenvalue weighted by molar-refractivity contribution is 6.30. The van der Waals surface area contributed by atoms with Crippen LogP contribution in [0, 0.1) is 6.92 Å². The topological polar surface area (TPSA) is 63.8 Å². The first-order chi connectivity index (χ1) is 13.6. The van der Waals surface area contributed by atoms with Crippen molar-refractivity contribution in [1.29, 1.82) is 0 Å². The number of aromatic nitrogens is 2. The zero-order valence-corrected chi connectivity index (χ0v) is 19.2. The van der Waals surface area contributed by atoms with E-state index in [0.717, 1.165) is 40.1 Å². The summed E-state index contributed by atoms with van der Waals surface area (Å²) >= 11 is 5.96. The molecule has 0 radical (unpaired) electrons. The van der Waals surface area contributed by atoms with E-state index in [1.165, 1.54) is 18.4 Å². The van der Waals surface area contributed by atoms with Gasteiger partial charge in [0.15, 0.2) is 5.82 Å². The quantitative estimate of drug-likeness (QED) is 0.475. The maximum absolute atomic E-state index is 6.36. The lowest BCUT2D eigenvalue weighted by atomic mass is 9.91. The number of nitrogens with one attached hydrogen (secondary N) is 1. The van der Waals surface area contributed by atoms with E-state index in [0.29, 0.717) is 5.82 Å². The molecule has 0 saturated heterocycles. The van der Waals surface area contributed by atoms with Gasteiger partial charge in [-0.05, 0) is 55.7 Å². The molecule has 4 rings (SSSR count). The molecular weight excluding hydrogens is 439 g/mol. The van der Waals surface area contributed by atoms with Gasteiger partial charge in [0.1, 0.15) is 5.82 Å². The van der Waals surface area contributed by atoms with E-state index in [4.69, 9.17) is 27.3 Å². The van der Waals surface area contributed by atoms with Crippen LogP contribution < -0.4 is 11.1 Å². The largest absolute Gasteiger partial charge is 0.365 e. The van der Waals surface area contributed by atoms with Crippen LogP contribution in [0.2, 0.25) is 5.02 Å². The SMILES string of the molecule is Cc1ccc2nc(C=Cc3ccc(Cl)cc3)nc(N[C@H]3CCCC[C@H]3N)c2c1.Cl.Cl. The van der Waals surface area contributed by atoms with Crippen molar-refractivity contribution in [2.45, 2.75) is 44.7 Å². The van der Waals surface area contributed by atoms with Gasteiger partial charge in [-0.15, -0.1) is 24.8 Å².